The molecule has 0 aromatic carbocycles. The van der Waals surface area contributed by atoms with E-state index in [1.165, 1.54) is 0 Å². The van der Waals surface area contributed by atoms with E-state index in [0.717, 1.165) is 22.4 Å². The van der Waals surface area contributed by atoms with Gasteiger partial charge >= 0.3 is 0 Å². The lowest BCUT2D eigenvalue weighted by Gasteiger charge is -1.97. The van der Waals surface area contributed by atoms with E-state index >= 15 is 0 Å². The molecule has 0 radical (unpaired) electrons. The Hall–Kier alpha value is -0.940. The summed E-state index contributed by atoms with van der Waals surface area (Å²) in [6.45, 7) is 0.591. The lowest BCUT2D eigenvalue weighted by atomic mass is 10.4. The average Bonchev–Trinajstić information content (AvgIpc) is 2.49. The minimum atomic E-state index is 0.591. The Labute approximate surface area is 83.9 Å². The first-order chi connectivity index (χ1) is 6.31. The summed E-state index contributed by atoms with van der Waals surface area (Å²) >= 11 is 3.39. The second kappa shape index (κ2) is 3.43. The average molecular weight is 241 g/mol. The number of nitrogens with zero attached hydrogens (tertiary/aromatic N) is 3. The number of nitrogens with two attached hydrogens (primary N) is 1. The van der Waals surface area contributed by atoms with E-state index in [4.69, 9.17) is 5.73 Å². The van der Waals surface area contributed by atoms with Gasteiger partial charge in [-0.15, -0.1) is 10.2 Å². The fourth-order valence-electron chi connectivity index (χ4n) is 1.21. The van der Waals surface area contributed by atoms with Crippen LogP contribution in [-0.2, 0) is 6.42 Å². The summed E-state index contributed by atoms with van der Waals surface area (Å²) < 4.78 is 2.95. The molecule has 0 bridgehead atoms. The number of aromatic nitrogens is 3. The highest BCUT2D eigenvalue weighted by Crippen LogP contribution is 2.11. The van der Waals surface area contributed by atoms with Crippen LogP contribution in [0.1, 0.15) is 5.82 Å². The number of fused-ring (bicyclic) bond motifs is 1. The minimum Gasteiger partial charge on any atom is -0.330 e. The van der Waals surface area contributed by atoms with Gasteiger partial charge in [-0.3, -0.25) is 4.40 Å². The van der Waals surface area contributed by atoms with Crippen LogP contribution >= 0.6 is 15.9 Å². The lowest BCUT2D eigenvalue weighted by Crippen LogP contribution is -2.06. The second-order valence-electron chi connectivity index (χ2n) is 2.73. The molecular formula is C8H9BrN4. The first-order valence-electron chi connectivity index (χ1n) is 4.00. The minimum absolute atomic E-state index is 0.591. The summed E-state index contributed by atoms with van der Waals surface area (Å²) in [7, 11) is 0. The van der Waals surface area contributed by atoms with Gasteiger partial charge in [-0.05, 0) is 34.6 Å². The van der Waals surface area contributed by atoms with Crippen molar-refractivity contribution in [3.05, 3.63) is 28.6 Å². The Kier molecular flexibility index (Phi) is 2.28. The molecule has 0 spiro atoms. The van der Waals surface area contributed by atoms with Crippen LogP contribution in [-0.4, -0.2) is 21.1 Å². The Morgan fingerprint density at radius 3 is 3.00 bits per heavy atom. The van der Waals surface area contributed by atoms with Gasteiger partial charge in [-0.1, -0.05) is 0 Å². The predicted molar refractivity (Wildman–Crippen MR) is 53.4 cm³/mol. The van der Waals surface area contributed by atoms with Crippen molar-refractivity contribution in [2.75, 3.05) is 6.54 Å². The van der Waals surface area contributed by atoms with E-state index in [-0.39, 0.29) is 0 Å². The topological polar surface area (TPSA) is 56.2 Å². The molecule has 0 saturated carbocycles. The standard InChI is InChI=1S/C8H9BrN4/c9-6-1-2-7-11-12-8(3-4-10)13(7)5-6/h1-2,5H,3-4,10H2. The van der Waals surface area contributed by atoms with Crippen molar-refractivity contribution in [3.63, 3.8) is 0 Å². The fourth-order valence-corrected chi connectivity index (χ4v) is 1.55. The zero-order valence-electron chi connectivity index (χ0n) is 6.94. The largest absolute Gasteiger partial charge is 0.330 e. The molecular weight excluding hydrogens is 232 g/mol. The number of halogens is 1. The Bertz CT molecular complexity index is 423. The van der Waals surface area contributed by atoms with Crippen molar-refractivity contribution < 1.29 is 0 Å². The Morgan fingerprint density at radius 2 is 2.23 bits per heavy atom. The van der Waals surface area contributed by atoms with Crippen molar-refractivity contribution in [2.24, 2.45) is 5.73 Å². The van der Waals surface area contributed by atoms with Crippen molar-refractivity contribution in [1.82, 2.24) is 14.6 Å². The van der Waals surface area contributed by atoms with Gasteiger partial charge in [0.15, 0.2) is 5.65 Å². The van der Waals surface area contributed by atoms with Gasteiger partial charge in [0.1, 0.15) is 5.82 Å². The van der Waals surface area contributed by atoms with Crippen LogP contribution in [0, 0.1) is 0 Å². The Morgan fingerprint density at radius 1 is 1.38 bits per heavy atom. The van der Waals surface area contributed by atoms with Crippen LogP contribution in [0.25, 0.3) is 5.65 Å². The van der Waals surface area contributed by atoms with Gasteiger partial charge in [-0.2, -0.15) is 0 Å². The second-order valence-corrected chi connectivity index (χ2v) is 3.65. The van der Waals surface area contributed by atoms with Crippen LogP contribution in [0.2, 0.25) is 0 Å². The number of rotatable bonds is 2. The third-order valence-corrected chi connectivity index (χ3v) is 2.27. The van der Waals surface area contributed by atoms with Crippen molar-refractivity contribution in [3.8, 4) is 0 Å². The molecule has 68 valence electrons. The number of hydrogen-bond donors (Lipinski definition) is 1. The molecule has 0 amide bonds. The molecule has 5 heteroatoms. The van der Waals surface area contributed by atoms with Gasteiger partial charge in [0.2, 0.25) is 0 Å². The SMILES string of the molecule is NCCc1nnc2ccc(Br)cn12. The molecule has 4 nitrogen and oxygen atoms in total. The highest BCUT2D eigenvalue weighted by atomic mass is 79.9. The summed E-state index contributed by atoms with van der Waals surface area (Å²) in [6.07, 6.45) is 2.69. The van der Waals surface area contributed by atoms with E-state index in [0.29, 0.717) is 6.54 Å². The molecule has 0 aliphatic carbocycles. The molecule has 2 heterocycles. The fraction of sp³-hybridized carbons (Fsp3) is 0.250. The number of hydrogen-bond acceptors (Lipinski definition) is 3. The zero-order chi connectivity index (χ0) is 9.26. The molecule has 2 aromatic rings. The maximum Gasteiger partial charge on any atom is 0.160 e. The van der Waals surface area contributed by atoms with E-state index < -0.39 is 0 Å². The number of pyridine rings is 1. The summed E-state index contributed by atoms with van der Waals surface area (Å²) in [6, 6.07) is 3.85. The molecule has 0 atom stereocenters. The third-order valence-electron chi connectivity index (χ3n) is 1.80. The highest BCUT2D eigenvalue weighted by molar-refractivity contribution is 9.10. The van der Waals surface area contributed by atoms with Crippen LogP contribution in [0.4, 0.5) is 0 Å². The predicted octanol–water partition coefficient (Wildman–Crippen LogP) is 0.993. The first kappa shape index (κ1) is 8.65. The molecule has 2 rings (SSSR count). The van der Waals surface area contributed by atoms with E-state index in [9.17, 15) is 0 Å². The molecule has 0 saturated heterocycles. The summed E-state index contributed by atoms with van der Waals surface area (Å²) in [4.78, 5) is 0. The van der Waals surface area contributed by atoms with Crippen LogP contribution in [0.15, 0.2) is 22.8 Å². The maximum atomic E-state index is 5.46. The normalized spacial score (nSPS) is 10.9. The summed E-state index contributed by atoms with van der Waals surface area (Å²) in [5, 5.41) is 8.05. The van der Waals surface area contributed by atoms with Crippen molar-refractivity contribution >= 4 is 21.6 Å². The highest BCUT2D eigenvalue weighted by Gasteiger charge is 2.03. The molecule has 2 aromatic heterocycles. The quantitative estimate of drug-likeness (QED) is 0.853. The zero-order valence-corrected chi connectivity index (χ0v) is 8.53. The third kappa shape index (κ3) is 1.57. The van der Waals surface area contributed by atoms with Gasteiger partial charge < -0.3 is 5.73 Å². The summed E-state index contributed by atoms with van der Waals surface area (Å²) in [5.41, 5.74) is 6.31. The van der Waals surface area contributed by atoms with E-state index in [1.807, 2.05) is 22.7 Å². The van der Waals surface area contributed by atoms with Gasteiger partial charge in [0.25, 0.3) is 0 Å². The summed E-state index contributed by atoms with van der Waals surface area (Å²) in [5.74, 6) is 0.902. The molecule has 0 aliphatic rings. The van der Waals surface area contributed by atoms with Crippen molar-refractivity contribution in [1.29, 1.82) is 0 Å². The van der Waals surface area contributed by atoms with Crippen LogP contribution < -0.4 is 5.73 Å². The smallest absolute Gasteiger partial charge is 0.160 e. The Balaban J connectivity index is 2.58. The van der Waals surface area contributed by atoms with E-state index in [2.05, 4.69) is 26.1 Å². The lowest BCUT2D eigenvalue weighted by molar-refractivity contribution is 0.847. The van der Waals surface area contributed by atoms with Gasteiger partial charge in [0.05, 0.1) is 0 Å². The van der Waals surface area contributed by atoms with Crippen LogP contribution in [0.5, 0.6) is 0 Å². The maximum absolute atomic E-state index is 5.46. The van der Waals surface area contributed by atoms with Crippen molar-refractivity contribution in [2.45, 2.75) is 6.42 Å². The van der Waals surface area contributed by atoms with E-state index in [1.54, 1.807) is 0 Å². The first-order valence-corrected chi connectivity index (χ1v) is 4.80. The molecule has 13 heavy (non-hydrogen) atoms. The monoisotopic (exact) mass is 240 g/mol. The molecule has 2 N–H and O–H groups in total. The molecule has 0 unspecified atom stereocenters. The molecule has 0 aliphatic heterocycles. The molecule has 0 fully saturated rings. The van der Waals surface area contributed by atoms with Gasteiger partial charge in [0, 0.05) is 17.1 Å². The van der Waals surface area contributed by atoms with Gasteiger partial charge in [-0.25, -0.2) is 0 Å². The van der Waals surface area contributed by atoms with Crippen LogP contribution in [0.3, 0.4) is 0 Å².